The third-order valence-electron chi connectivity index (χ3n) is 3.57. The molecule has 1 unspecified atom stereocenters. The van der Waals surface area contributed by atoms with Gasteiger partial charge in [-0.05, 0) is 19.3 Å². The first kappa shape index (κ1) is 24.8. The smallest absolute Gasteiger partial charge is 0.748 e. The number of aliphatic hydroxyl groups is 1. The first-order valence-corrected chi connectivity index (χ1v) is 9.65. The largest absolute Gasteiger partial charge is 1.00 e. The van der Waals surface area contributed by atoms with Crippen LogP contribution in [0.25, 0.3) is 0 Å². The van der Waals surface area contributed by atoms with Gasteiger partial charge in [-0.3, -0.25) is 0 Å². The molecule has 6 heteroatoms. The quantitative estimate of drug-likeness (QED) is 0.284. The van der Waals surface area contributed by atoms with Gasteiger partial charge in [0, 0.05) is 5.75 Å². The van der Waals surface area contributed by atoms with E-state index >= 15 is 0 Å². The topological polar surface area (TPSA) is 77.4 Å². The van der Waals surface area contributed by atoms with Crippen LogP contribution in [0.4, 0.5) is 0 Å². The molecule has 0 aliphatic heterocycles. The molecule has 1 N–H and O–H groups in total. The van der Waals surface area contributed by atoms with Crippen LogP contribution in [0.1, 0.15) is 84.0 Å². The Morgan fingerprint density at radius 3 is 1.76 bits per heavy atom. The summed E-state index contributed by atoms with van der Waals surface area (Å²) in [7, 11) is -4.05. The summed E-state index contributed by atoms with van der Waals surface area (Å²) in [5.41, 5.74) is 0. The maximum Gasteiger partial charge on any atom is 1.00 e. The molecule has 0 radical (unpaired) electrons. The summed E-state index contributed by atoms with van der Waals surface area (Å²) >= 11 is 0. The zero-order valence-corrected chi connectivity index (χ0v) is 17.8. The van der Waals surface area contributed by atoms with Crippen molar-refractivity contribution in [1.29, 1.82) is 0 Å². The zero-order valence-electron chi connectivity index (χ0n) is 13.8. The first-order valence-electron chi connectivity index (χ1n) is 8.07. The van der Waals surface area contributed by atoms with Gasteiger partial charge in [-0.2, -0.15) is 0 Å². The molecule has 1 atom stereocenters. The van der Waals surface area contributed by atoms with E-state index in [2.05, 4.69) is 6.92 Å². The van der Waals surface area contributed by atoms with Crippen LogP contribution in [0.5, 0.6) is 0 Å². The maximum absolute atomic E-state index is 10.4. The molecule has 0 saturated carbocycles. The van der Waals surface area contributed by atoms with Gasteiger partial charge in [-0.15, -0.1) is 0 Å². The fraction of sp³-hybridized carbons (Fsp3) is 1.00. The van der Waals surface area contributed by atoms with Crippen molar-refractivity contribution in [1.82, 2.24) is 0 Å². The van der Waals surface area contributed by atoms with E-state index in [1.165, 1.54) is 32.1 Å². The summed E-state index contributed by atoms with van der Waals surface area (Å²) in [5.74, 6) is -0.257. The minimum absolute atomic E-state index is 0. The van der Waals surface area contributed by atoms with Gasteiger partial charge in [-0.1, -0.05) is 64.7 Å². The number of rotatable bonds is 14. The molecular weight excluding hydrogens is 315 g/mol. The SMILES string of the molecule is CCCCCCCCC(O)CCCCCCS(=O)(=O)[O-].[K+]. The average molecular weight is 347 g/mol. The van der Waals surface area contributed by atoms with E-state index in [-0.39, 0.29) is 63.2 Å². The zero-order chi connectivity index (χ0) is 15.3. The monoisotopic (exact) mass is 346 g/mol. The third kappa shape index (κ3) is 21.5. The Balaban J connectivity index is 0. The molecule has 21 heavy (non-hydrogen) atoms. The molecule has 0 rings (SSSR count). The van der Waals surface area contributed by atoms with Crippen molar-refractivity contribution < 1.29 is 69.5 Å². The van der Waals surface area contributed by atoms with E-state index in [1.54, 1.807) is 0 Å². The van der Waals surface area contributed by atoms with Crippen molar-refractivity contribution in [2.75, 3.05) is 5.75 Å². The van der Waals surface area contributed by atoms with Crippen molar-refractivity contribution >= 4 is 10.1 Å². The molecule has 0 saturated heterocycles. The normalized spacial score (nSPS) is 12.9. The minimum atomic E-state index is -4.05. The Bertz CT molecular complexity index is 307. The predicted molar refractivity (Wildman–Crippen MR) is 81.6 cm³/mol. The molecule has 0 aromatic rings. The second-order valence-electron chi connectivity index (χ2n) is 5.67. The Morgan fingerprint density at radius 2 is 1.29 bits per heavy atom. The fourth-order valence-corrected chi connectivity index (χ4v) is 2.87. The van der Waals surface area contributed by atoms with Gasteiger partial charge in [0.15, 0.2) is 0 Å². The average Bonchev–Trinajstić information content (AvgIpc) is 2.36. The summed E-state index contributed by atoms with van der Waals surface area (Å²) in [6.07, 6.45) is 11.9. The van der Waals surface area contributed by atoms with Crippen LogP contribution < -0.4 is 51.4 Å². The van der Waals surface area contributed by atoms with Crippen LogP contribution in [-0.2, 0) is 10.1 Å². The van der Waals surface area contributed by atoms with Crippen LogP contribution in [0.3, 0.4) is 0 Å². The van der Waals surface area contributed by atoms with Crippen LogP contribution in [0.2, 0.25) is 0 Å². The Morgan fingerprint density at radius 1 is 0.857 bits per heavy atom. The van der Waals surface area contributed by atoms with Crippen LogP contribution in [-0.4, -0.2) is 29.9 Å². The third-order valence-corrected chi connectivity index (χ3v) is 4.36. The fourth-order valence-electron chi connectivity index (χ4n) is 2.32. The molecular formula is C15H31KO4S. The molecule has 0 aromatic carbocycles. The first-order chi connectivity index (χ1) is 9.45. The minimum Gasteiger partial charge on any atom is -0.748 e. The van der Waals surface area contributed by atoms with E-state index in [0.717, 1.165) is 38.5 Å². The number of aliphatic hydroxyl groups excluding tert-OH is 1. The van der Waals surface area contributed by atoms with Gasteiger partial charge in [-0.25, -0.2) is 8.42 Å². The van der Waals surface area contributed by atoms with E-state index in [0.29, 0.717) is 6.42 Å². The Kier molecular flexibility index (Phi) is 19.3. The van der Waals surface area contributed by atoms with E-state index in [4.69, 9.17) is 0 Å². The van der Waals surface area contributed by atoms with E-state index < -0.39 is 10.1 Å². The standard InChI is InChI=1S/C15H32O4S.K/c1-2-3-4-5-6-9-12-15(16)13-10-7-8-11-14-20(17,18)19;/h15-16H,2-14H2,1H3,(H,17,18,19);/q;+1/p-1. The van der Waals surface area contributed by atoms with Crippen LogP contribution in [0, 0.1) is 0 Å². The van der Waals surface area contributed by atoms with Gasteiger partial charge in [0.25, 0.3) is 0 Å². The summed E-state index contributed by atoms with van der Waals surface area (Å²) in [5, 5.41) is 9.79. The van der Waals surface area contributed by atoms with Crippen molar-refractivity contribution in [3.63, 3.8) is 0 Å². The molecule has 0 aromatic heterocycles. The summed E-state index contributed by atoms with van der Waals surface area (Å²) < 4.78 is 31.2. The van der Waals surface area contributed by atoms with Crippen LogP contribution in [0.15, 0.2) is 0 Å². The van der Waals surface area contributed by atoms with Crippen molar-refractivity contribution in [3.8, 4) is 0 Å². The molecule has 0 aliphatic rings. The Labute approximate surface area is 173 Å². The number of unbranched alkanes of at least 4 members (excludes halogenated alkanes) is 8. The van der Waals surface area contributed by atoms with Crippen molar-refractivity contribution in [3.05, 3.63) is 0 Å². The van der Waals surface area contributed by atoms with E-state index in [1.807, 2.05) is 0 Å². The van der Waals surface area contributed by atoms with Crippen LogP contribution >= 0.6 is 0 Å². The molecule has 4 nitrogen and oxygen atoms in total. The number of hydrogen-bond acceptors (Lipinski definition) is 4. The second-order valence-corrected chi connectivity index (χ2v) is 7.20. The van der Waals surface area contributed by atoms with Crippen molar-refractivity contribution in [2.24, 2.45) is 0 Å². The summed E-state index contributed by atoms with van der Waals surface area (Å²) in [6.45, 7) is 2.20. The molecule has 0 amide bonds. The van der Waals surface area contributed by atoms with Gasteiger partial charge < -0.3 is 9.66 Å². The predicted octanol–water partition coefficient (Wildman–Crippen LogP) is 0.598. The maximum atomic E-state index is 10.4. The van der Waals surface area contributed by atoms with Gasteiger partial charge in [0.05, 0.1) is 16.2 Å². The van der Waals surface area contributed by atoms with E-state index in [9.17, 15) is 18.1 Å². The molecule has 0 spiro atoms. The number of hydrogen-bond donors (Lipinski definition) is 1. The molecule has 0 bridgehead atoms. The molecule has 0 aliphatic carbocycles. The second kappa shape index (κ2) is 16.4. The molecule has 0 heterocycles. The summed E-state index contributed by atoms with van der Waals surface area (Å²) in [6, 6.07) is 0. The molecule has 0 fully saturated rings. The van der Waals surface area contributed by atoms with Gasteiger partial charge in [0.2, 0.25) is 0 Å². The Hall–Kier alpha value is 1.51. The van der Waals surface area contributed by atoms with Gasteiger partial charge in [0.1, 0.15) is 0 Å². The molecule has 122 valence electrons. The van der Waals surface area contributed by atoms with Gasteiger partial charge >= 0.3 is 51.4 Å². The summed E-state index contributed by atoms with van der Waals surface area (Å²) in [4.78, 5) is 0. The van der Waals surface area contributed by atoms with Crippen molar-refractivity contribution in [2.45, 2.75) is 90.1 Å².